The predicted octanol–water partition coefficient (Wildman–Crippen LogP) is 4.57. The lowest BCUT2D eigenvalue weighted by Crippen LogP contribution is -2.50. The highest BCUT2D eigenvalue weighted by molar-refractivity contribution is 8.18. The molecule has 0 bridgehead atoms. The van der Waals surface area contributed by atoms with Gasteiger partial charge in [-0.25, -0.2) is 9.79 Å². The summed E-state index contributed by atoms with van der Waals surface area (Å²) in [6.45, 7) is 3.56. The number of esters is 1. The number of aliphatic imine (C=N–C) groups is 1. The van der Waals surface area contributed by atoms with Gasteiger partial charge >= 0.3 is 5.97 Å². The molecule has 2 heterocycles. The maximum atomic E-state index is 13.5. The summed E-state index contributed by atoms with van der Waals surface area (Å²) in [5.74, 6) is -0.487. The van der Waals surface area contributed by atoms with Crippen molar-refractivity contribution in [2.24, 2.45) is 4.99 Å². The number of fused-ring (bicyclic) bond motifs is 1. The van der Waals surface area contributed by atoms with Crippen LogP contribution in [0, 0.1) is 0 Å². The van der Waals surface area contributed by atoms with Crippen molar-refractivity contribution in [2.45, 2.75) is 26.3 Å². The highest BCUT2D eigenvalue weighted by Gasteiger charge is 2.42. The number of allylic oxidation sites excluding steroid dienone is 1. The van der Waals surface area contributed by atoms with E-state index in [1.54, 1.807) is 50.2 Å². The van der Waals surface area contributed by atoms with Crippen LogP contribution in [0.1, 0.15) is 19.4 Å². The Kier molecular flexibility index (Phi) is 8.43. The number of amides is 2. The van der Waals surface area contributed by atoms with Crippen LogP contribution in [-0.4, -0.2) is 54.7 Å². The molecular weight excluding hydrogens is 530 g/mol. The third kappa shape index (κ3) is 5.56. The van der Waals surface area contributed by atoms with Crippen molar-refractivity contribution < 1.29 is 28.6 Å². The van der Waals surface area contributed by atoms with Gasteiger partial charge in [0.05, 0.1) is 43.0 Å². The minimum atomic E-state index is -0.750. The largest absolute Gasteiger partial charge is 0.493 e. The fourth-order valence-electron chi connectivity index (χ4n) is 4.24. The van der Waals surface area contributed by atoms with E-state index in [4.69, 9.17) is 25.8 Å². The first-order valence-corrected chi connectivity index (χ1v) is 12.9. The lowest BCUT2D eigenvalue weighted by atomic mass is 9.94. The van der Waals surface area contributed by atoms with E-state index in [0.29, 0.717) is 27.9 Å². The lowest BCUT2D eigenvalue weighted by Gasteiger charge is -2.38. The van der Waals surface area contributed by atoms with E-state index in [1.807, 2.05) is 6.07 Å². The summed E-state index contributed by atoms with van der Waals surface area (Å²) in [6.07, 6.45) is 1.46. The first kappa shape index (κ1) is 27.3. The van der Waals surface area contributed by atoms with Crippen molar-refractivity contribution in [2.75, 3.05) is 26.1 Å². The number of anilines is 1. The van der Waals surface area contributed by atoms with Crippen LogP contribution in [0.5, 0.6) is 11.5 Å². The fraction of sp³-hybridized carbons (Fsp3) is 0.259. The van der Waals surface area contributed by atoms with E-state index in [0.717, 1.165) is 17.3 Å². The molecule has 0 saturated heterocycles. The van der Waals surface area contributed by atoms with Gasteiger partial charge in [-0.1, -0.05) is 23.7 Å². The molecule has 9 nitrogen and oxygen atoms in total. The van der Waals surface area contributed by atoms with E-state index in [2.05, 4.69) is 10.3 Å². The van der Waals surface area contributed by atoms with E-state index in [9.17, 15) is 14.4 Å². The zero-order chi connectivity index (χ0) is 27.4. The van der Waals surface area contributed by atoms with Crippen molar-refractivity contribution in [3.8, 4) is 11.5 Å². The molecule has 2 aliphatic rings. The average molecular weight is 556 g/mol. The number of benzene rings is 2. The number of nitrogens with one attached hydrogen (secondary N) is 1. The number of para-hydroxylation sites is 1. The minimum absolute atomic E-state index is 0.166. The normalized spacial score (nSPS) is 16.8. The highest BCUT2D eigenvalue weighted by atomic mass is 35.5. The van der Waals surface area contributed by atoms with Gasteiger partial charge in [-0.2, -0.15) is 0 Å². The molecule has 0 aromatic heterocycles. The second kappa shape index (κ2) is 11.7. The molecule has 2 aliphatic heterocycles. The Morgan fingerprint density at radius 1 is 1.13 bits per heavy atom. The number of halogens is 1. The van der Waals surface area contributed by atoms with Crippen molar-refractivity contribution in [1.82, 2.24) is 4.90 Å². The molecule has 1 unspecified atom stereocenters. The number of ether oxygens (including phenoxy) is 3. The number of hydrogen-bond acceptors (Lipinski definition) is 8. The molecule has 4 rings (SSSR count). The summed E-state index contributed by atoms with van der Waals surface area (Å²) in [5, 5.41) is 3.58. The minimum Gasteiger partial charge on any atom is -0.493 e. The maximum Gasteiger partial charge on any atom is 0.337 e. The molecule has 1 atom stereocenters. The van der Waals surface area contributed by atoms with Gasteiger partial charge < -0.3 is 19.5 Å². The quantitative estimate of drug-likeness (QED) is 0.475. The van der Waals surface area contributed by atoms with Gasteiger partial charge in [0.2, 0.25) is 0 Å². The van der Waals surface area contributed by atoms with Crippen LogP contribution in [0.3, 0.4) is 0 Å². The Balaban J connectivity index is 1.71. The number of nitrogens with zero attached hydrogens (tertiary/aromatic N) is 2. The molecule has 0 spiro atoms. The third-order valence-corrected chi connectivity index (χ3v) is 7.16. The van der Waals surface area contributed by atoms with E-state index < -0.39 is 23.8 Å². The SMILES string of the molecule is CCOC(=O)C1=C(C)N=C2SC(C(=O)Nc3ccc(Cl)cc3)=CC(=O)N2C1Cc1cccc(OC)c1OC. The van der Waals surface area contributed by atoms with Crippen LogP contribution in [0.15, 0.2) is 69.7 Å². The van der Waals surface area contributed by atoms with Crippen molar-refractivity contribution in [3.05, 3.63) is 75.3 Å². The fourth-order valence-corrected chi connectivity index (χ4v) is 5.36. The van der Waals surface area contributed by atoms with Gasteiger partial charge in [-0.15, -0.1) is 0 Å². The molecule has 11 heteroatoms. The molecule has 0 fully saturated rings. The summed E-state index contributed by atoms with van der Waals surface area (Å²) < 4.78 is 16.3. The maximum absolute atomic E-state index is 13.5. The van der Waals surface area contributed by atoms with Crippen LogP contribution >= 0.6 is 23.4 Å². The van der Waals surface area contributed by atoms with Gasteiger partial charge in [0.15, 0.2) is 16.7 Å². The number of carbonyl (C=O) groups excluding carboxylic acids is 3. The Morgan fingerprint density at radius 3 is 2.53 bits per heavy atom. The van der Waals surface area contributed by atoms with Gasteiger partial charge in [0.1, 0.15) is 0 Å². The summed E-state index contributed by atoms with van der Waals surface area (Å²) in [5.41, 5.74) is 1.92. The molecule has 1 N–H and O–H groups in total. The standard InChI is InChI=1S/C27H26ClN3O6S/c1-5-37-26(34)23-15(2)29-27-31(19(23)13-16-7-6-8-20(35-3)24(16)36-4)22(32)14-21(38-27)25(33)30-18-11-9-17(28)10-12-18/h6-12,14,19H,5,13H2,1-4H3,(H,30,33). The van der Waals surface area contributed by atoms with Crippen LogP contribution in [0.25, 0.3) is 0 Å². The third-order valence-electron chi connectivity index (χ3n) is 5.92. The van der Waals surface area contributed by atoms with Crippen molar-refractivity contribution >= 4 is 52.0 Å². The lowest BCUT2D eigenvalue weighted by molar-refractivity contribution is -0.139. The molecule has 2 aromatic rings. The van der Waals surface area contributed by atoms with Crippen molar-refractivity contribution in [3.63, 3.8) is 0 Å². The Labute approximate surface area is 229 Å². The predicted molar refractivity (Wildman–Crippen MR) is 146 cm³/mol. The van der Waals surface area contributed by atoms with Gasteiger partial charge in [0.25, 0.3) is 11.8 Å². The molecule has 0 saturated carbocycles. The Morgan fingerprint density at radius 2 is 1.87 bits per heavy atom. The number of thioether (sulfide) groups is 1. The Hall–Kier alpha value is -3.76. The number of hydrogen-bond donors (Lipinski definition) is 1. The number of amidine groups is 1. The van der Waals surface area contributed by atoms with Crippen LogP contribution in [-0.2, 0) is 25.5 Å². The second-order valence-corrected chi connectivity index (χ2v) is 9.71. The number of rotatable bonds is 8. The summed E-state index contributed by atoms with van der Waals surface area (Å²) in [6, 6.07) is 11.3. The van der Waals surface area contributed by atoms with E-state index >= 15 is 0 Å². The highest BCUT2D eigenvalue weighted by Crippen LogP contribution is 2.39. The van der Waals surface area contributed by atoms with Crippen LogP contribution < -0.4 is 14.8 Å². The Bertz CT molecular complexity index is 1370. The van der Waals surface area contributed by atoms with Crippen LogP contribution in [0.2, 0.25) is 5.02 Å². The van der Waals surface area contributed by atoms with E-state index in [-0.39, 0.29) is 28.7 Å². The molecule has 0 aliphatic carbocycles. The molecule has 2 amide bonds. The summed E-state index contributed by atoms with van der Waals surface area (Å²) in [7, 11) is 3.06. The summed E-state index contributed by atoms with van der Waals surface area (Å²) in [4.78, 5) is 45.6. The van der Waals surface area contributed by atoms with E-state index in [1.165, 1.54) is 25.2 Å². The molecule has 0 radical (unpaired) electrons. The van der Waals surface area contributed by atoms with Gasteiger partial charge in [0, 0.05) is 28.8 Å². The van der Waals surface area contributed by atoms with Crippen molar-refractivity contribution in [1.29, 1.82) is 0 Å². The first-order valence-electron chi connectivity index (χ1n) is 11.7. The number of carbonyl (C=O) groups is 3. The van der Waals surface area contributed by atoms with Gasteiger partial charge in [-0.05, 0) is 55.9 Å². The monoisotopic (exact) mass is 555 g/mol. The van der Waals surface area contributed by atoms with Gasteiger partial charge in [-0.3, -0.25) is 14.5 Å². The molecule has 198 valence electrons. The zero-order valence-corrected chi connectivity index (χ0v) is 22.8. The topological polar surface area (TPSA) is 107 Å². The molecule has 38 heavy (non-hydrogen) atoms. The second-order valence-electron chi connectivity index (χ2n) is 8.27. The number of methoxy groups -OCH3 is 2. The molecular formula is C27H26ClN3O6S. The molecule has 2 aromatic carbocycles. The average Bonchev–Trinajstić information content (AvgIpc) is 2.89. The zero-order valence-electron chi connectivity index (χ0n) is 21.2. The first-order chi connectivity index (χ1) is 18.3. The van der Waals surface area contributed by atoms with Crippen LogP contribution in [0.4, 0.5) is 5.69 Å². The smallest absolute Gasteiger partial charge is 0.337 e. The summed E-state index contributed by atoms with van der Waals surface area (Å²) >= 11 is 6.97.